The number of carbonyl (C=O) groups is 1. The van der Waals surface area contributed by atoms with Gasteiger partial charge in [0.2, 0.25) is 5.43 Å². The molecular formula is C29H26F2N2O5. The van der Waals surface area contributed by atoms with Crippen LogP contribution in [0.3, 0.4) is 0 Å². The summed E-state index contributed by atoms with van der Waals surface area (Å²) < 4.78 is 41.9. The number of carbonyl (C=O) groups excluding carboxylic acids is 1. The van der Waals surface area contributed by atoms with Crippen molar-refractivity contribution >= 4 is 33.7 Å². The highest BCUT2D eigenvalue weighted by Gasteiger charge is 2.33. The van der Waals surface area contributed by atoms with Crippen LogP contribution in [0.1, 0.15) is 57.2 Å². The van der Waals surface area contributed by atoms with Crippen molar-refractivity contribution in [2.45, 2.75) is 58.0 Å². The highest BCUT2D eigenvalue weighted by molar-refractivity contribution is 6.04. The summed E-state index contributed by atoms with van der Waals surface area (Å²) >= 11 is 0. The summed E-state index contributed by atoms with van der Waals surface area (Å²) in [5.74, 6) is -2.32. The van der Waals surface area contributed by atoms with Gasteiger partial charge in [-0.3, -0.25) is 19.1 Å². The molecule has 0 atom stereocenters. The van der Waals surface area contributed by atoms with Crippen LogP contribution in [0.5, 0.6) is 0 Å². The summed E-state index contributed by atoms with van der Waals surface area (Å²) in [6, 6.07) is 8.52. The van der Waals surface area contributed by atoms with Crippen LogP contribution in [0.15, 0.2) is 50.4 Å². The maximum Gasteiger partial charge on any atom is 0.414 e. The summed E-state index contributed by atoms with van der Waals surface area (Å²) in [6.07, 6.45) is 2.46. The Balaban J connectivity index is 1.64. The molecule has 0 radical (unpaired) electrons. The number of halogens is 2. The van der Waals surface area contributed by atoms with Gasteiger partial charge in [-0.25, -0.2) is 13.6 Å². The minimum atomic E-state index is -1.16. The fourth-order valence-corrected chi connectivity index (χ4v) is 5.29. The summed E-state index contributed by atoms with van der Waals surface area (Å²) in [7, 11) is 0. The number of ether oxygens (including phenoxy) is 1. The van der Waals surface area contributed by atoms with Gasteiger partial charge < -0.3 is 9.15 Å². The molecule has 38 heavy (non-hydrogen) atoms. The average Bonchev–Trinajstić information content (AvgIpc) is 3.24. The SMILES string of the molecule is CC(C)(C)OC(=O)N1CCc2ccc3c(=O)c4c(=O)n(-c5cccc(F)c5F)c(C5CCC5)cc4oc3c21. The molecule has 7 nitrogen and oxygen atoms in total. The molecule has 1 saturated carbocycles. The monoisotopic (exact) mass is 520 g/mol. The van der Waals surface area contributed by atoms with Crippen LogP contribution >= 0.6 is 0 Å². The summed E-state index contributed by atoms with van der Waals surface area (Å²) in [4.78, 5) is 42.0. The van der Waals surface area contributed by atoms with Gasteiger partial charge in [-0.15, -0.1) is 0 Å². The van der Waals surface area contributed by atoms with Gasteiger partial charge in [0.25, 0.3) is 5.56 Å². The Kier molecular flexibility index (Phi) is 5.45. The van der Waals surface area contributed by atoms with Gasteiger partial charge in [0.05, 0.1) is 16.8 Å². The Bertz CT molecular complexity index is 1760. The first-order chi connectivity index (χ1) is 18.0. The van der Waals surface area contributed by atoms with E-state index in [0.29, 0.717) is 24.3 Å². The lowest BCUT2D eigenvalue weighted by Crippen LogP contribution is -2.36. The maximum atomic E-state index is 14.9. The van der Waals surface area contributed by atoms with E-state index in [9.17, 15) is 23.2 Å². The number of hydrogen-bond donors (Lipinski definition) is 0. The van der Waals surface area contributed by atoms with Gasteiger partial charge in [0.15, 0.2) is 17.2 Å². The summed E-state index contributed by atoms with van der Waals surface area (Å²) in [5.41, 5.74) is -0.372. The molecule has 2 aliphatic rings. The number of benzene rings is 2. The van der Waals surface area contributed by atoms with Crippen molar-refractivity contribution in [2.75, 3.05) is 11.4 Å². The van der Waals surface area contributed by atoms with E-state index in [2.05, 4.69) is 0 Å². The van der Waals surface area contributed by atoms with E-state index >= 15 is 0 Å². The molecule has 2 aromatic carbocycles. The Labute approximate surface area is 216 Å². The van der Waals surface area contributed by atoms with Crippen molar-refractivity contribution in [1.82, 2.24) is 4.57 Å². The van der Waals surface area contributed by atoms with Crippen LogP contribution in [-0.2, 0) is 11.2 Å². The molecule has 0 saturated heterocycles. The molecule has 0 N–H and O–H groups in total. The van der Waals surface area contributed by atoms with Crippen LogP contribution in [0, 0.1) is 11.6 Å². The Morgan fingerprint density at radius 3 is 2.55 bits per heavy atom. The molecule has 0 spiro atoms. The second kappa shape index (κ2) is 8.51. The molecule has 6 rings (SSSR count). The minimum Gasteiger partial charge on any atom is -0.453 e. The zero-order valence-electron chi connectivity index (χ0n) is 21.3. The smallest absolute Gasteiger partial charge is 0.414 e. The topological polar surface area (TPSA) is 81.8 Å². The molecule has 1 aliphatic carbocycles. The fraction of sp³-hybridized carbons (Fsp3) is 0.345. The van der Waals surface area contributed by atoms with Crippen molar-refractivity contribution in [2.24, 2.45) is 0 Å². The predicted molar refractivity (Wildman–Crippen MR) is 139 cm³/mol. The van der Waals surface area contributed by atoms with Gasteiger partial charge in [0, 0.05) is 18.3 Å². The predicted octanol–water partition coefficient (Wildman–Crippen LogP) is 5.94. The average molecular weight is 521 g/mol. The van der Waals surface area contributed by atoms with Gasteiger partial charge in [0.1, 0.15) is 16.6 Å². The van der Waals surface area contributed by atoms with Crippen molar-refractivity contribution in [3.63, 3.8) is 0 Å². The van der Waals surface area contributed by atoms with Crippen molar-refractivity contribution < 1.29 is 22.7 Å². The standard InChI is InChI=1S/C29H26F2N2O5/c1-29(2,3)38-28(36)32-13-12-16-10-11-17-25(34)22-21(37-26(17)24(16)32)14-20(15-6-4-7-15)33(27(22)35)19-9-5-8-18(30)23(19)31/h5,8-11,14-15H,4,6-7,12-13H2,1-3H3. The highest BCUT2D eigenvalue weighted by atomic mass is 19.2. The molecule has 1 aliphatic heterocycles. The zero-order chi connectivity index (χ0) is 26.9. The van der Waals surface area contributed by atoms with Gasteiger partial charge in [-0.2, -0.15) is 0 Å². The number of fused-ring (bicyclic) bond motifs is 4. The van der Waals surface area contributed by atoms with E-state index in [1.807, 2.05) is 0 Å². The molecule has 1 amide bonds. The molecule has 0 unspecified atom stereocenters. The first-order valence-electron chi connectivity index (χ1n) is 12.7. The van der Waals surface area contributed by atoms with Crippen molar-refractivity contribution in [3.05, 3.63) is 79.9 Å². The number of pyridine rings is 1. The van der Waals surface area contributed by atoms with Crippen LogP contribution in [0.4, 0.5) is 19.3 Å². The Hall–Kier alpha value is -4.01. The molecule has 4 aromatic rings. The molecule has 196 valence electrons. The highest BCUT2D eigenvalue weighted by Crippen LogP contribution is 2.40. The molecule has 0 bridgehead atoms. The van der Waals surface area contributed by atoms with E-state index in [-0.39, 0.29) is 33.5 Å². The van der Waals surface area contributed by atoms with Gasteiger partial charge in [-0.05, 0) is 69.7 Å². The van der Waals surface area contributed by atoms with Crippen molar-refractivity contribution in [1.29, 1.82) is 0 Å². The third-order valence-corrected chi connectivity index (χ3v) is 7.28. The number of anilines is 1. The zero-order valence-corrected chi connectivity index (χ0v) is 21.3. The van der Waals surface area contributed by atoms with E-state index in [1.165, 1.54) is 17.0 Å². The molecule has 3 heterocycles. The third kappa shape index (κ3) is 3.71. The van der Waals surface area contributed by atoms with Gasteiger partial charge >= 0.3 is 6.09 Å². The van der Waals surface area contributed by atoms with E-state index in [1.54, 1.807) is 39.0 Å². The minimum absolute atomic E-state index is 0.0481. The molecule has 2 aromatic heterocycles. The lowest BCUT2D eigenvalue weighted by molar-refractivity contribution is 0.0584. The lowest BCUT2D eigenvalue weighted by Gasteiger charge is -2.29. The Morgan fingerprint density at radius 2 is 1.87 bits per heavy atom. The number of hydrogen-bond acceptors (Lipinski definition) is 5. The van der Waals surface area contributed by atoms with Crippen LogP contribution in [0.2, 0.25) is 0 Å². The van der Waals surface area contributed by atoms with Crippen LogP contribution < -0.4 is 15.9 Å². The number of rotatable bonds is 2. The molecule has 1 fully saturated rings. The van der Waals surface area contributed by atoms with Crippen LogP contribution in [-0.4, -0.2) is 22.8 Å². The largest absolute Gasteiger partial charge is 0.453 e. The van der Waals surface area contributed by atoms with E-state index < -0.39 is 34.3 Å². The Morgan fingerprint density at radius 1 is 1.11 bits per heavy atom. The quantitative estimate of drug-likeness (QED) is 0.306. The maximum absolute atomic E-state index is 14.9. The van der Waals surface area contributed by atoms with Crippen LogP contribution in [0.25, 0.3) is 27.6 Å². The summed E-state index contributed by atoms with van der Waals surface area (Å²) in [5, 5.41) is -0.141. The van der Waals surface area contributed by atoms with Crippen molar-refractivity contribution in [3.8, 4) is 5.69 Å². The number of nitrogens with zero attached hydrogens (tertiary/aromatic N) is 2. The lowest BCUT2D eigenvalue weighted by atomic mass is 9.82. The molecular weight excluding hydrogens is 494 g/mol. The summed E-state index contributed by atoms with van der Waals surface area (Å²) in [6.45, 7) is 5.67. The third-order valence-electron chi connectivity index (χ3n) is 7.28. The second-order valence-electron chi connectivity index (χ2n) is 10.9. The van der Waals surface area contributed by atoms with E-state index in [4.69, 9.17) is 9.15 Å². The molecule has 9 heteroatoms. The van der Waals surface area contributed by atoms with Gasteiger partial charge in [-0.1, -0.05) is 18.6 Å². The number of amides is 1. The number of aromatic nitrogens is 1. The first kappa shape index (κ1) is 24.3. The normalized spacial score (nSPS) is 15.7. The fourth-order valence-electron chi connectivity index (χ4n) is 5.29. The first-order valence-corrected chi connectivity index (χ1v) is 12.7. The van der Waals surface area contributed by atoms with E-state index in [0.717, 1.165) is 35.5 Å². The second-order valence-corrected chi connectivity index (χ2v) is 10.9.